The molecule has 0 saturated heterocycles. The molecular formula is C10H15N3O2S. The molecule has 0 aliphatic carbocycles. The number of hydrogen-bond donors (Lipinski definition) is 2. The summed E-state index contributed by atoms with van der Waals surface area (Å²) in [5.74, 6) is 0.582. The van der Waals surface area contributed by atoms with Crippen LogP contribution < -0.4 is 11.1 Å². The molecule has 0 aliphatic heterocycles. The van der Waals surface area contributed by atoms with Crippen LogP contribution in [-0.2, 0) is 10.8 Å². The number of nitrogens with two attached hydrogens (primary N) is 1. The molecule has 0 spiro atoms. The SMILES string of the molecule is CC(CS(C)=O)NC(=O)c1ccc(N)nc1. The summed E-state index contributed by atoms with van der Waals surface area (Å²) in [5, 5.41) is 2.73. The Kier molecular flexibility index (Phi) is 4.42. The van der Waals surface area contributed by atoms with E-state index in [0.29, 0.717) is 17.1 Å². The monoisotopic (exact) mass is 241 g/mol. The molecule has 0 aliphatic rings. The molecule has 1 aromatic heterocycles. The van der Waals surface area contributed by atoms with E-state index < -0.39 is 10.8 Å². The third-order valence-corrected chi connectivity index (χ3v) is 2.88. The van der Waals surface area contributed by atoms with E-state index in [0.717, 1.165) is 0 Å². The van der Waals surface area contributed by atoms with E-state index in [1.54, 1.807) is 18.4 Å². The predicted molar refractivity (Wildman–Crippen MR) is 64.5 cm³/mol. The van der Waals surface area contributed by atoms with Gasteiger partial charge in [-0.2, -0.15) is 0 Å². The fourth-order valence-electron chi connectivity index (χ4n) is 1.24. The number of anilines is 1. The molecule has 1 aromatic rings. The van der Waals surface area contributed by atoms with Crippen LogP contribution in [0.3, 0.4) is 0 Å². The smallest absolute Gasteiger partial charge is 0.253 e. The Morgan fingerprint density at radius 1 is 1.62 bits per heavy atom. The van der Waals surface area contributed by atoms with Gasteiger partial charge >= 0.3 is 0 Å². The molecule has 0 saturated carbocycles. The number of nitrogen functional groups attached to an aromatic ring is 1. The minimum absolute atomic E-state index is 0.129. The van der Waals surface area contributed by atoms with Gasteiger partial charge in [0.2, 0.25) is 0 Å². The standard InChI is InChI=1S/C10H15N3O2S/c1-7(6-16(2)15)13-10(14)8-3-4-9(11)12-5-8/h3-5,7H,6H2,1-2H3,(H2,11,12)(H,13,14). The number of nitrogens with zero attached hydrogens (tertiary/aromatic N) is 1. The minimum Gasteiger partial charge on any atom is -0.384 e. The number of carbonyl (C=O) groups excluding carboxylic acids is 1. The summed E-state index contributed by atoms with van der Waals surface area (Å²) in [5.41, 5.74) is 5.86. The first-order valence-corrected chi connectivity index (χ1v) is 6.54. The molecule has 0 fully saturated rings. The second-order valence-electron chi connectivity index (χ2n) is 3.59. The van der Waals surface area contributed by atoms with Crippen molar-refractivity contribution in [1.29, 1.82) is 0 Å². The van der Waals surface area contributed by atoms with E-state index in [2.05, 4.69) is 10.3 Å². The van der Waals surface area contributed by atoms with Crippen LogP contribution in [0.4, 0.5) is 5.82 Å². The number of rotatable bonds is 4. The Morgan fingerprint density at radius 3 is 2.81 bits per heavy atom. The average molecular weight is 241 g/mol. The lowest BCUT2D eigenvalue weighted by molar-refractivity contribution is 0.0943. The Morgan fingerprint density at radius 2 is 2.31 bits per heavy atom. The van der Waals surface area contributed by atoms with Gasteiger partial charge in [0, 0.05) is 35.0 Å². The lowest BCUT2D eigenvalue weighted by atomic mass is 10.2. The third-order valence-electron chi connectivity index (χ3n) is 1.91. The predicted octanol–water partition coefficient (Wildman–Crippen LogP) is 0.161. The number of pyridine rings is 1. The van der Waals surface area contributed by atoms with Gasteiger partial charge in [0.15, 0.2) is 0 Å². The van der Waals surface area contributed by atoms with Crippen molar-refractivity contribution in [2.75, 3.05) is 17.7 Å². The zero-order chi connectivity index (χ0) is 12.1. The normalized spacial score (nSPS) is 14.1. The van der Waals surface area contributed by atoms with Crippen LogP contribution >= 0.6 is 0 Å². The second-order valence-corrected chi connectivity index (χ2v) is 5.07. The quantitative estimate of drug-likeness (QED) is 0.786. The van der Waals surface area contributed by atoms with Gasteiger partial charge < -0.3 is 11.1 Å². The molecule has 2 unspecified atom stereocenters. The van der Waals surface area contributed by atoms with Gasteiger partial charge in [0.05, 0.1) is 5.56 Å². The lowest BCUT2D eigenvalue weighted by Crippen LogP contribution is -2.36. The molecule has 1 amide bonds. The van der Waals surface area contributed by atoms with Crippen molar-refractivity contribution in [1.82, 2.24) is 10.3 Å². The molecule has 0 bridgehead atoms. The van der Waals surface area contributed by atoms with Gasteiger partial charge in [-0.1, -0.05) is 0 Å². The Labute approximate surface area is 96.9 Å². The zero-order valence-electron chi connectivity index (χ0n) is 9.27. The maximum Gasteiger partial charge on any atom is 0.253 e. The molecule has 16 heavy (non-hydrogen) atoms. The van der Waals surface area contributed by atoms with Crippen molar-refractivity contribution >= 4 is 22.5 Å². The van der Waals surface area contributed by atoms with E-state index >= 15 is 0 Å². The highest BCUT2D eigenvalue weighted by Gasteiger charge is 2.10. The molecule has 6 heteroatoms. The molecule has 0 aromatic carbocycles. The summed E-state index contributed by atoms with van der Waals surface area (Å²) in [6.07, 6.45) is 3.02. The third kappa shape index (κ3) is 3.98. The summed E-state index contributed by atoms with van der Waals surface area (Å²) < 4.78 is 10.9. The highest BCUT2D eigenvalue weighted by Crippen LogP contribution is 2.01. The summed E-state index contributed by atoms with van der Waals surface area (Å²) in [7, 11) is -0.922. The van der Waals surface area contributed by atoms with Crippen molar-refractivity contribution in [3.63, 3.8) is 0 Å². The fourth-order valence-corrected chi connectivity index (χ4v) is 2.03. The summed E-state index contributed by atoms with van der Waals surface area (Å²) in [6.45, 7) is 1.81. The average Bonchev–Trinajstić information content (AvgIpc) is 2.16. The van der Waals surface area contributed by atoms with E-state index in [1.807, 2.05) is 6.92 Å². The molecule has 1 heterocycles. The van der Waals surface area contributed by atoms with Gasteiger partial charge in [-0.15, -0.1) is 0 Å². The lowest BCUT2D eigenvalue weighted by Gasteiger charge is -2.12. The first-order chi connectivity index (χ1) is 7.49. The number of hydrogen-bond acceptors (Lipinski definition) is 4. The van der Waals surface area contributed by atoms with Crippen LogP contribution in [0.1, 0.15) is 17.3 Å². The van der Waals surface area contributed by atoms with E-state index in [4.69, 9.17) is 5.73 Å². The van der Waals surface area contributed by atoms with Crippen molar-refractivity contribution in [2.24, 2.45) is 0 Å². The van der Waals surface area contributed by atoms with Gasteiger partial charge in [-0.05, 0) is 19.1 Å². The minimum atomic E-state index is -0.922. The molecular weight excluding hydrogens is 226 g/mol. The van der Waals surface area contributed by atoms with Crippen molar-refractivity contribution in [3.8, 4) is 0 Å². The maximum atomic E-state index is 11.7. The van der Waals surface area contributed by atoms with Crippen molar-refractivity contribution in [2.45, 2.75) is 13.0 Å². The molecule has 3 N–H and O–H groups in total. The Hall–Kier alpha value is -1.43. The number of amides is 1. The summed E-state index contributed by atoms with van der Waals surface area (Å²) in [4.78, 5) is 15.5. The Bertz CT molecular complexity index is 392. The highest BCUT2D eigenvalue weighted by atomic mass is 32.2. The second kappa shape index (κ2) is 5.60. The molecule has 88 valence electrons. The van der Waals surface area contributed by atoms with Gasteiger partial charge in [-0.25, -0.2) is 4.98 Å². The molecule has 5 nitrogen and oxygen atoms in total. The highest BCUT2D eigenvalue weighted by molar-refractivity contribution is 7.84. The van der Waals surface area contributed by atoms with Crippen LogP contribution in [-0.4, -0.2) is 33.2 Å². The molecule has 2 atom stereocenters. The summed E-state index contributed by atoms with van der Waals surface area (Å²) >= 11 is 0. The fraction of sp³-hybridized carbons (Fsp3) is 0.400. The first kappa shape index (κ1) is 12.6. The van der Waals surface area contributed by atoms with E-state index in [1.165, 1.54) is 6.20 Å². The van der Waals surface area contributed by atoms with Crippen LogP contribution in [0.2, 0.25) is 0 Å². The van der Waals surface area contributed by atoms with E-state index in [-0.39, 0.29) is 11.9 Å². The summed E-state index contributed by atoms with van der Waals surface area (Å²) in [6, 6.07) is 3.04. The maximum absolute atomic E-state index is 11.7. The number of aromatic nitrogens is 1. The van der Waals surface area contributed by atoms with Crippen LogP contribution in [0, 0.1) is 0 Å². The number of carbonyl (C=O) groups is 1. The molecule has 1 rings (SSSR count). The van der Waals surface area contributed by atoms with E-state index in [9.17, 15) is 9.00 Å². The van der Waals surface area contributed by atoms with Crippen LogP contribution in [0.5, 0.6) is 0 Å². The van der Waals surface area contributed by atoms with Gasteiger partial charge in [0.25, 0.3) is 5.91 Å². The largest absolute Gasteiger partial charge is 0.384 e. The van der Waals surface area contributed by atoms with Gasteiger partial charge in [0.1, 0.15) is 5.82 Å². The van der Waals surface area contributed by atoms with Crippen LogP contribution in [0.15, 0.2) is 18.3 Å². The number of nitrogens with one attached hydrogen (secondary N) is 1. The molecule has 0 radical (unpaired) electrons. The van der Waals surface area contributed by atoms with Crippen molar-refractivity contribution < 1.29 is 9.00 Å². The van der Waals surface area contributed by atoms with Crippen molar-refractivity contribution in [3.05, 3.63) is 23.9 Å². The van der Waals surface area contributed by atoms with Gasteiger partial charge in [-0.3, -0.25) is 9.00 Å². The topological polar surface area (TPSA) is 85.1 Å². The van der Waals surface area contributed by atoms with Crippen LogP contribution in [0.25, 0.3) is 0 Å². The zero-order valence-corrected chi connectivity index (χ0v) is 10.1. The Balaban J connectivity index is 2.58. The first-order valence-electron chi connectivity index (χ1n) is 4.81.